The molecule has 1 amide bonds. The molecule has 0 atom stereocenters. The molecule has 0 saturated carbocycles. The molecular weight excluding hydrogens is 358 g/mol. The Balaban J connectivity index is 1.33. The quantitative estimate of drug-likeness (QED) is 0.522. The van der Waals surface area contributed by atoms with Crippen LogP contribution in [0.2, 0.25) is 0 Å². The van der Waals surface area contributed by atoms with Crippen molar-refractivity contribution >= 4 is 44.4 Å². The monoisotopic (exact) mass is 377 g/mol. The Hall–Kier alpha value is -2.86. The summed E-state index contributed by atoms with van der Waals surface area (Å²) in [7, 11) is 0. The first-order valence-corrected chi connectivity index (χ1v) is 9.90. The van der Waals surface area contributed by atoms with Crippen molar-refractivity contribution in [2.45, 2.75) is 6.92 Å². The lowest BCUT2D eigenvalue weighted by Gasteiger charge is -2.33. The molecule has 5 rings (SSSR count). The van der Waals surface area contributed by atoms with Gasteiger partial charge in [0.15, 0.2) is 5.58 Å². The van der Waals surface area contributed by atoms with E-state index in [1.165, 1.54) is 10.1 Å². The van der Waals surface area contributed by atoms with Crippen molar-refractivity contribution in [3.63, 3.8) is 0 Å². The highest BCUT2D eigenvalue weighted by Crippen LogP contribution is 2.32. The Morgan fingerprint density at radius 1 is 1.04 bits per heavy atom. The van der Waals surface area contributed by atoms with Crippen LogP contribution in [-0.2, 0) is 0 Å². The maximum Gasteiger partial charge on any atom is 0.298 e. The van der Waals surface area contributed by atoms with Gasteiger partial charge in [-0.3, -0.25) is 4.79 Å². The third kappa shape index (κ3) is 2.77. The number of amides is 1. The lowest BCUT2D eigenvalue weighted by molar-refractivity contribution is 0.0749. The van der Waals surface area contributed by atoms with Crippen LogP contribution in [0.15, 0.2) is 52.9 Å². The van der Waals surface area contributed by atoms with Gasteiger partial charge in [0, 0.05) is 30.9 Å². The molecule has 0 unspecified atom stereocenters. The smallest absolute Gasteiger partial charge is 0.298 e. The number of oxazole rings is 1. The number of aryl methyl sites for hydroxylation is 1. The average molecular weight is 377 g/mol. The minimum absolute atomic E-state index is 0.130. The van der Waals surface area contributed by atoms with Gasteiger partial charge in [-0.15, -0.1) is 11.3 Å². The second kappa shape index (κ2) is 6.39. The topological polar surface area (TPSA) is 49.6 Å². The van der Waals surface area contributed by atoms with Crippen LogP contribution in [0.1, 0.15) is 15.2 Å². The van der Waals surface area contributed by atoms with E-state index < -0.39 is 0 Å². The van der Waals surface area contributed by atoms with E-state index in [1.54, 1.807) is 11.3 Å². The predicted molar refractivity (Wildman–Crippen MR) is 109 cm³/mol. The Labute approximate surface area is 160 Å². The molecule has 1 fully saturated rings. The lowest BCUT2D eigenvalue weighted by atomic mass is 10.1. The summed E-state index contributed by atoms with van der Waals surface area (Å²) < 4.78 is 7.03. The summed E-state index contributed by atoms with van der Waals surface area (Å²) in [6.45, 7) is 4.84. The number of hydrogen-bond donors (Lipinski definition) is 0. The number of thiophene rings is 1. The van der Waals surface area contributed by atoms with Crippen molar-refractivity contribution in [2.24, 2.45) is 0 Å². The van der Waals surface area contributed by atoms with Crippen molar-refractivity contribution in [1.29, 1.82) is 0 Å². The molecule has 136 valence electrons. The summed E-state index contributed by atoms with van der Waals surface area (Å²) in [6, 6.07) is 16.6. The van der Waals surface area contributed by atoms with Crippen LogP contribution in [0.3, 0.4) is 0 Å². The summed E-state index contributed by atoms with van der Waals surface area (Å²) in [5, 5.41) is 1.18. The van der Waals surface area contributed by atoms with Crippen LogP contribution < -0.4 is 4.90 Å². The van der Waals surface area contributed by atoms with Crippen LogP contribution in [0.4, 0.5) is 6.01 Å². The zero-order chi connectivity index (χ0) is 18.4. The number of rotatable bonds is 2. The molecule has 1 saturated heterocycles. The highest BCUT2D eigenvalue weighted by Gasteiger charge is 2.27. The van der Waals surface area contributed by atoms with Crippen LogP contribution in [-0.4, -0.2) is 42.0 Å². The Bertz CT molecular complexity index is 1110. The Kier molecular flexibility index (Phi) is 3.86. The van der Waals surface area contributed by atoms with E-state index in [4.69, 9.17) is 4.42 Å². The fourth-order valence-electron chi connectivity index (χ4n) is 3.62. The number of para-hydroxylation sites is 2. The molecule has 27 heavy (non-hydrogen) atoms. The van der Waals surface area contributed by atoms with E-state index in [0.29, 0.717) is 19.1 Å². The fourth-order valence-corrected chi connectivity index (χ4v) is 4.80. The molecule has 6 heteroatoms. The van der Waals surface area contributed by atoms with Crippen LogP contribution in [0.5, 0.6) is 0 Å². The van der Waals surface area contributed by atoms with E-state index in [-0.39, 0.29) is 5.91 Å². The maximum atomic E-state index is 13.1. The minimum Gasteiger partial charge on any atom is -0.423 e. The molecule has 2 aromatic heterocycles. The number of carbonyl (C=O) groups is 1. The number of carbonyl (C=O) groups excluding carboxylic acids is 1. The molecule has 4 aromatic rings. The first-order valence-electron chi connectivity index (χ1n) is 9.08. The van der Waals surface area contributed by atoms with Crippen molar-refractivity contribution in [2.75, 3.05) is 31.1 Å². The summed E-state index contributed by atoms with van der Waals surface area (Å²) in [6.07, 6.45) is 0. The van der Waals surface area contributed by atoms with E-state index >= 15 is 0 Å². The molecule has 1 aliphatic heterocycles. The highest BCUT2D eigenvalue weighted by molar-refractivity contribution is 7.21. The molecule has 1 aliphatic rings. The predicted octanol–water partition coefficient (Wildman–Crippen LogP) is 4.31. The molecule has 3 heterocycles. The van der Waals surface area contributed by atoms with E-state index in [9.17, 15) is 4.79 Å². The van der Waals surface area contributed by atoms with Crippen molar-refractivity contribution in [3.8, 4) is 0 Å². The van der Waals surface area contributed by atoms with Gasteiger partial charge in [0.1, 0.15) is 5.52 Å². The third-order valence-electron chi connectivity index (χ3n) is 5.16. The number of fused-ring (bicyclic) bond motifs is 2. The molecule has 0 bridgehead atoms. The maximum absolute atomic E-state index is 13.1. The second-order valence-electron chi connectivity index (χ2n) is 6.80. The first kappa shape index (κ1) is 16.3. The Morgan fingerprint density at radius 2 is 1.78 bits per heavy atom. The molecule has 2 aromatic carbocycles. The molecule has 0 N–H and O–H groups in total. The normalized spacial score (nSPS) is 15.0. The zero-order valence-electron chi connectivity index (χ0n) is 15.0. The SMILES string of the molecule is Cc1c(C(=O)N2CCN(c3nc4ccccc4o3)CC2)sc2ccccc12. The van der Waals surface area contributed by atoms with Gasteiger partial charge >= 0.3 is 0 Å². The summed E-state index contributed by atoms with van der Waals surface area (Å²) in [5.74, 6) is 0.130. The number of anilines is 1. The van der Waals surface area contributed by atoms with Crippen molar-refractivity contribution < 1.29 is 9.21 Å². The summed E-state index contributed by atoms with van der Waals surface area (Å²) >= 11 is 1.59. The lowest BCUT2D eigenvalue weighted by Crippen LogP contribution is -2.48. The number of aromatic nitrogens is 1. The van der Waals surface area contributed by atoms with Gasteiger partial charge in [-0.1, -0.05) is 30.3 Å². The highest BCUT2D eigenvalue weighted by atomic mass is 32.1. The second-order valence-corrected chi connectivity index (χ2v) is 7.85. The summed E-state index contributed by atoms with van der Waals surface area (Å²) in [4.78, 5) is 22.5. The number of benzene rings is 2. The Morgan fingerprint density at radius 3 is 2.56 bits per heavy atom. The van der Waals surface area contributed by atoms with E-state index in [1.807, 2.05) is 48.2 Å². The van der Waals surface area contributed by atoms with Crippen LogP contribution in [0, 0.1) is 6.92 Å². The van der Waals surface area contributed by atoms with Gasteiger partial charge in [-0.25, -0.2) is 0 Å². The standard InChI is InChI=1S/C21H19N3O2S/c1-14-15-6-2-5-9-18(15)27-19(14)20(25)23-10-12-24(13-11-23)21-22-16-7-3-4-8-17(16)26-21/h2-9H,10-13H2,1H3. The fraction of sp³-hybridized carbons (Fsp3) is 0.238. The van der Waals surface area contributed by atoms with Gasteiger partial charge in [-0.2, -0.15) is 4.98 Å². The largest absolute Gasteiger partial charge is 0.423 e. The van der Waals surface area contributed by atoms with Gasteiger partial charge in [0.2, 0.25) is 0 Å². The third-order valence-corrected chi connectivity index (χ3v) is 6.42. The molecule has 0 aliphatic carbocycles. The van der Waals surface area contributed by atoms with Gasteiger partial charge < -0.3 is 14.2 Å². The van der Waals surface area contributed by atoms with Crippen molar-refractivity contribution in [1.82, 2.24) is 9.88 Å². The number of piperazine rings is 1. The van der Waals surface area contributed by atoms with Gasteiger partial charge in [0.05, 0.1) is 4.88 Å². The van der Waals surface area contributed by atoms with Crippen LogP contribution >= 0.6 is 11.3 Å². The molecule has 0 radical (unpaired) electrons. The molecule has 0 spiro atoms. The number of nitrogens with zero attached hydrogens (tertiary/aromatic N) is 3. The molecule has 5 nitrogen and oxygen atoms in total. The first-order chi connectivity index (χ1) is 13.2. The zero-order valence-corrected chi connectivity index (χ0v) is 15.8. The van der Waals surface area contributed by atoms with Crippen LogP contribution in [0.25, 0.3) is 21.2 Å². The summed E-state index contributed by atoms with van der Waals surface area (Å²) in [5.41, 5.74) is 2.75. The van der Waals surface area contributed by atoms with E-state index in [2.05, 4.69) is 22.0 Å². The van der Waals surface area contributed by atoms with E-state index in [0.717, 1.165) is 34.6 Å². The molecular formula is C21H19N3O2S. The van der Waals surface area contributed by atoms with Gasteiger partial charge in [-0.05, 0) is 36.1 Å². The van der Waals surface area contributed by atoms with Gasteiger partial charge in [0.25, 0.3) is 11.9 Å². The average Bonchev–Trinajstić information content (AvgIpc) is 3.29. The number of hydrogen-bond acceptors (Lipinski definition) is 5. The minimum atomic E-state index is 0.130. The van der Waals surface area contributed by atoms with Crippen molar-refractivity contribution in [3.05, 3.63) is 59.0 Å².